The second kappa shape index (κ2) is 6.59. The summed E-state index contributed by atoms with van der Waals surface area (Å²) in [5, 5.41) is 4.74. The van der Waals surface area contributed by atoms with E-state index in [1.165, 1.54) is 14.2 Å². The lowest BCUT2D eigenvalue weighted by molar-refractivity contribution is 0.602. The van der Waals surface area contributed by atoms with Crippen molar-refractivity contribution in [1.82, 2.24) is 5.32 Å². The zero-order valence-corrected chi connectivity index (χ0v) is 14.6. The summed E-state index contributed by atoms with van der Waals surface area (Å²) < 4.78 is 1.19. The van der Waals surface area contributed by atoms with Crippen molar-refractivity contribution in [2.75, 3.05) is 7.05 Å². The maximum atomic E-state index is 6.24. The fourth-order valence-corrected chi connectivity index (χ4v) is 4.07. The molecule has 0 bridgehead atoms. The molecule has 1 heterocycles. The smallest absolute Gasteiger partial charge is 0.0731 e. The molecule has 2 aromatic rings. The van der Waals surface area contributed by atoms with E-state index in [1.807, 2.05) is 19.2 Å². The zero-order valence-electron chi connectivity index (χ0n) is 10.6. The van der Waals surface area contributed by atoms with Gasteiger partial charge in [-0.1, -0.05) is 29.3 Å². The Morgan fingerprint density at radius 1 is 1.32 bits per heavy atom. The molecule has 1 atom stereocenters. The first-order valence-electron chi connectivity index (χ1n) is 5.88. The van der Waals surface area contributed by atoms with Gasteiger partial charge in [0.05, 0.1) is 3.79 Å². The molecule has 102 valence electrons. The number of likely N-dealkylation sites (N-methyl/N-ethyl adjacent to an activating group) is 1. The molecular formula is C14H14BrCl2NS. The van der Waals surface area contributed by atoms with E-state index in [4.69, 9.17) is 23.2 Å². The van der Waals surface area contributed by atoms with Gasteiger partial charge < -0.3 is 5.32 Å². The van der Waals surface area contributed by atoms with Gasteiger partial charge in [0.25, 0.3) is 0 Å². The molecular weight excluding hydrogens is 365 g/mol. The summed E-state index contributed by atoms with van der Waals surface area (Å²) in [6, 6.07) is 8.13. The van der Waals surface area contributed by atoms with E-state index < -0.39 is 0 Å². The first-order valence-corrected chi connectivity index (χ1v) is 8.25. The van der Waals surface area contributed by atoms with Crippen LogP contribution in [0.25, 0.3) is 0 Å². The fourth-order valence-electron chi connectivity index (χ4n) is 1.91. The second-order valence-corrected chi connectivity index (χ2v) is 7.63. The number of hydrogen-bond donors (Lipinski definition) is 1. The lowest BCUT2D eigenvalue weighted by atomic mass is 10.0. The van der Waals surface area contributed by atoms with E-state index in [2.05, 4.69) is 34.2 Å². The molecule has 0 saturated carbocycles. The normalized spacial score (nSPS) is 12.7. The predicted molar refractivity (Wildman–Crippen MR) is 88.7 cm³/mol. The largest absolute Gasteiger partial charge is 0.312 e. The lowest BCUT2D eigenvalue weighted by Crippen LogP contribution is -2.17. The van der Waals surface area contributed by atoms with Crippen molar-refractivity contribution in [1.29, 1.82) is 0 Å². The first-order chi connectivity index (χ1) is 9.01. The van der Waals surface area contributed by atoms with Crippen molar-refractivity contribution >= 4 is 50.5 Å². The molecule has 0 saturated heterocycles. The fraction of sp³-hybridized carbons (Fsp3) is 0.286. The van der Waals surface area contributed by atoms with Gasteiger partial charge in [0.1, 0.15) is 0 Å². The van der Waals surface area contributed by atoms with Gasteiger partial charge in [0.15, 0.2) is 0 Å². The van der Waals surface area contributed by atoms with Crippen LogP contribution in [-0.4, -0.2) is 7.05 Å². The van der Waals surface area contributed by atoms with Crippen LogP contribution in [0.15, 0.2) is 28.1 Å². The Balaban J connectivity index is 2.23. The maximum Gasteiger partial charge on any atom is 0.0731 e. The first kappa shape index (κ1) is 15.3. The summed E-state index contributed by atoms with van der Waals surface area (Å²) in [7, 11) is 1.97. The Morgan fingerprint density at radius 3 is 2.58 bits per heavy atom. The lowest BCUT2D eigenvalue weighted by Gasteiger charge is -2.15. The minimum absolute atomic E-state index is 0.258. The number of aryl methyl sites for hydroxylation is 1. The average molecular weight is 379 g/mol. The number of rotatable bonds is 4. The van der Waals surface area contributed by atoms with Crippen LogP contribution in [0.2, 0.25) is 10.0 Å². The van der Waals surface area contributed by atoms with Gasteiger partial charge in [-0.3, -0.25) is 0 Å². The highest BCUT2D eigenvalue weighted by Gasteiger charge is 2.15. The molecule has 0 aliphatic rings. The van der Waals surface area contributed by atoms with Gasteiger partial charge in [-0.2, -0.15) is 0 Å². The Morgan fingerprint density at radius 2 is 2.05 bits per heavy atom. The number of nitrogens with one attached hydrogen (secondary N) is 1. The summed E-state index contributed by atoms with van der Waals surface area (Å²) in [5.41, 5.74) is 2.37. The topological polar surface area (TPSA) is 12.0 Å². The van der Waals surface area contributed by atoms with Gasteiger partial charge in [-0.25, -0.2) is 0 Å². The molecule has 1 N–H and O–H groups in total. The summed E-state index contributed by atoms with van der Waals surface area (Å²) >= 11 is 17.5. The summed E-state index contributed by atoms with van der Waals surface area (Å²) in [6.45, 7) is 2.10. The SMILES string of the molecule is CNC(Cc1ccc(Cl)cc1Cl)c1cc(C)c(Br)s1. The molecule has 2 rings (SSSR count). The molecule has 1 aromatic heterocycles. The van der Waals surface area contributed by atoms with E-state index in [0.29, 0.717) is 5.02 Å². The van der Waals surface area contributed by atoms with Gasteiger partial charge in [0, 0.05) is 21.0 Å². The van der Waals surface area contributed by atoms with E-state index in [9.17, 15) is 0 Å². The van der Waals surface area contributed by atoms with Crippen LogP contribution in [0, 0.1) is 6.92 Å². The minimum atomic E-state index is 0.258. The molecule has 0 radical (unpaired) electrons. The zero-order chi connectivity index (χ0) is 14.0. The van der Waals surface area contributed by atoms with Crippen molar-refractivity contribution < 1.29 is 0 Å². The highest BCUT2D eigenvalue weighted by molar-refractivity contribution is 9.11. The monoisotopic (exact) mass is 377 g/mol. The van der Waals surface area contributed by atoms with E-state index >= 15 is 0 Å². The molecule has 0 aliphatic heterocycles. The van der Waals surface area contributed by atoms with E-state index in [-0.39, 0.29) is 6.04 Å². The Labute approximate surface area is 136 Å². The van der Waals surface area contributed by atoms with Crippen LogP contribution in [0.1, 0.15) is 22.0 Å². The van der Waals surface area contributed by atoms with Crippen molar-refractivity contribution in [3.63, 3.8) is 0 Å². The van der Waals surface area contributed by atoms with Crippen LogP contribution in [0.5, 0.6) is 0 Å². The Hall–Kier alpha value is -0.0600. The minimum Gasteiger partial charge on any atom is -0.312 e. The summed E-state index contributed by atoms with van der Waals surface area (Å²) in [6.07, 6.45) is 0.846. The summed E-state index contributed by atoms with van der Waals surface area (Å²) in [5.74, 6) is 0. The average Bonchev–Trinajstić information content (AvgIpc) is 2.68. The van der Waals surface area contributed by atoms with Gasteiger partial charge in [-0.15, -0.1) is 11.3 Å². The molecule has 1 unspecified atom stereocenters. The van der Waals surface area contributed by atoms with Crippen molar-refractivity contribution in [2.45, 2.75) is 19.4 Å². The van der Waals surface area contributed by atoms with Crippen LogP contribution in [0.3, 0.4) is 0 Å². The third-order valence-corrected chi connectivity index (χ3v) is 5.84. The van der Waals surface area contributed by atoms with Crippen molar-refractivity contribution in [3.8, 4) is 0 Å². The number of thiophene rings is 1. The third-order valence-electron chi connectivity index (χ3n) is 3.01. The van der Waals surface area contributed by atoms with Crippen LogP contribution in [0.4, 0.5) is 0 Å². The van der Waals surface area contributed by atoms with E-state index in [0.717, 1.165) is 17.0 Å². The number of halogens is 3. The maximum absolute atomic E-state index is 6.24. The quantitative estimate of drug-likeness (QED) is 0.726. The molecule has 19 heavy (non-hydrogen) atoms. The second-order valence-electron chi connectivity index (χ2n) is 4.39. The summed E-state index contributed by atoms with van der Waals surface area (Å²) in [4.78, 5) is 1.30. The molecule has 1 aromatic carbocycles. The Kier molecular flexibility index (Phi) is 5.32. The highest BCUT2D eigenvalue weighted by atomic mass is 79.9. The number of benzene rings is 1. The molecule has 0 amide bonds. The highest BCUT2D eigenvalue weighted by Crippen LogP contribution is 2.34. The Bertz CT molecular complexity index is 563. The molecule has 0 aliphatic carbocycles. The third kappa shape index (κ3) is 3.73. The van der Waals surface area contributed by atoms with E-state index in [1.54, 1.807) is 17.4 Å². The standard InChI is InChI=1S/C14H14BrCl2NS/c1-8-5-13(19-14(8)15)12(18-2)6-9-3-4-10(16)7-11(9)17/h3-5,7,12,18H,6H2,1-2H3. The number of hydrogen-bond acceptors (Lipinski definition) is 2. The van der Waals surface area contributed by atoms with Gasteiger partial charge in [-0.05, 0) is 65.6 Å². The molecule has 0 spiro atoms. The van der Waals surface area contributed by atoms with Crippen molar-refractivity contribution in [3.05, 3.63) is 54.1 Å². The van der Waals surface area contributed by atoms with Gasteiger partial charge in [0.2, 0.25) is 0 Å². The predicted octanol–water partition coefficient (Wildman–Crippen LogP) is 5.63. The molecule has 1 nitrogen and oxygen atoms in total. The van der Waals surface area contributed by atoms with Gasteiger partial charge >= 0.3 is 0 Å². The van der Waals surface area contributed by atoms with Crippen molar-refractivity contribution in [2.24, 2.45) is 0 Å². The van der Waals surface area contributed by atoms with Crippen LogP contribution in [-0.2, 0) is 6.42 Å². The molecule has 0 fully saturated rings. The van der Waals surface area contributed by atoms with Crippen LogP contribution < -0.4 is 5.32 Å². The molecule has 5 heteroatoms. The van der Waals surface area contributed by atoms with Crippen LogP contribution >= 0.6 is 50.5 Å².